The minimum atomic E-state index is 0.546. The van der Waals surface area contributed by atoms with Gasteiger partial charge in [0.2, 0.25) is 0 Å². The second-order valence-electron chi connectivity index (χ2n) is 4.76. The highest BCUT2D eigenvalue weighted by Crippen LogP contribution is 2.28. The van der Waals surface area contributed by atoms with Crippen molar-refractivity contribution in [2.45, 2.75) is 18.9 Å². The summed E-state index contributed by atoms with van der Waals surface area (Å²) in [6, 6.07) is 8.32. The third-order valence-corrected chi connectivity index (χ3v) is 3.73. The van der Waals surface area contributed by atoms with Gasteiger partial charge >= 0.3 is 0 Å². The average molecular weight is 277 g/mol. The van der Waals surface area contributed by atoms with E-state index in [0.29, 0.717) is 11.1 Å². The van der Waals surface area contributed by atoms with Crippen molar-refractivity contribution in [3.63, 3.8) is 0 Å². The number of halogens is 1. The number of nitrogens with one attached hydrogen (secondary N) is 2. The number of hydrogen-bond acceptors (Lipinski definition) is 3. The molecule has 4 nitrogen and oxygen atoms in total. The lowest BCUT2D eigenvalue weighted by molar-refractivity contribution is 0.633. The number of para-hydroxylation sites is 1. The molecule has 0 spiro atoms. The van der Waals surface area contributed by atoms with Crippen LogP contribution in [-0.4, -0.2) is 28.9 Å². The van der Waals surface area contributed by atoms with Gasteiger partial charge in [-0.3, -0.25) is 0 Å². The Hall–Kier alpha value is -1.52. The largest absolute Gasteiger partial charge is 0.382 e. The lowest BCUT2D eigenvalue weighted by atomic mass is 10.2. The van der Waals surface area contributed by atoms with Crippen molar-refractivity contribution in [3.05, 3.63) is 41.7 Å². The molecule has 2 N–H and O–H groups in total. The minimum absolute atomic E-state index is 0.546. The van der Waals surface area contributed by atoms with Crippen molar-refractivity contribution in [2.75, 3.05) is 18.4 Å². The fourth-order valence-corrected chi connectivity index (χ4v) is 2.72. The first-order chi connectivity index (χ1) is 9.34. The molecule has 1 aliphatic heterocycles. The van der Waals surface area contributed by atoms with E-state index in [2.05, 4.69) is 15.7 Å². The summed E-state index contributed by atoms with van der Waals surface area (Å²) < 4.78 is 1.80. The van der Waals surface area contributed by atoms with E-state index in [1.165, 1.54) is 12.8 Å². The number of hydrogen-bond donors (Lipinski definition) is 2. The molecule has 1 unspecified atom stereocenters. The van der Waals surface area contributed by atoms with Crippen molar-refractivity contribution in [2.24, 2.45) is 0 Å². The van der Waals surface area contributed by atoms with Gasteiger partial charge in [0.25, 0.3) is 0 Å². The summed E-state index contributed by atoms with van der Waals surface area (Å²) in [4.78, 5) is 0. The molecule has 0 bridgehead atoms. The zero-order valence-electron chi connectivity index (χ0n) is 10.6. The topological polar surface area (TPSA) is 41.9 Å². The Morgan fingerprint density at radius 3 is 3.11 bits per heavy atom. The van der Waals surface area contributed by atoms with Crippen LogP contribution in [0.2, 0.25) is 5.02 Å². The Balaban J connectivity index is 1.82. The Labute approximate surface area is 117 Å². The van der Waals surface area contributed by atoms with Crippen LogP contribution in [0.15, 0.2) is 36.7 Å². The highest BCUT2D eigenvalue weighted by atomic mass is 35.5. The second kappa shape index (κ2) is 5.63. The first kappa shape index (κ1) is 12.5. The van der Waals surface area contributed by atoms with E-state index in [-0.39, 0.29) is 0 Å². The summed E-state index contributed by atoms with van der Waals surface area (Å²) in [5.74, 6) is 0. The van der Waals surface area contributed by atoms with Crippen molar-refractivity contribution in [1.82, 2.24) is 15.1 Å². The van der Waals surface area contributed by atoms with Gasteiger partial charge in [0.05, 0.1) is 10.7 Å². The monoisotopic (exact) mass is 276 g/mol. The fraction of sp³-hybridized carbons (Fsp3) is 0.357. The molecule has 1 atom stereocenters. The molecule has 0 amide bonds. The zero-order valence-corrected chi connectivity index (χ0v) is 11.4. The Morgan fingerprint density at radius 2 is 2.37 bits per heavy atom. The van der Waals surface area contributed by atoms with E-state index >= 15 is 0 Å². The predicted octanol–water partition coefficient (Wildman–Crippen LogP) is 2.69. The zero-order chi connectivity index (χ0) is 13.1. The SMILES string of the molecule is Clc1cccc(NCC2CCCN2)c1-n1cccn1. The van der Waals surface area contributed by atoms with Crippen molar-refractivity contribution in [3.8, 4) is 5.69 Å². The van der Waals surface area contributed by atoms with Crippen molar-refractivity contribution < 1.29 is 0 Å². The van der Waals surface area contributed by atoms with Gasteiger partial charge < -0.3 is 10.6 Å². The molecule has 1 aliphatic rings. The maximum atomic E-state index is 6.30. The molecule has 3 rings (SSSR count). The lowest BCUT2D eigenvalue weighted by Gasteiger charge is -2.16. The summed E-state index contributed by atoms with van der Waals surface area (Å²) in [5.41, 5.74) is 1.93. The van der Waals surface area contributed by atoms with Crippen LogP contribution in [0.4, 0.5) is 5.69 Å². The molecule has 19 heavy (non-hydrogen) atoms. The van der Waals surface area contributed by atoms with Gasteiger partial charge in [0.1, 0.15) is 5.69 Å². The number of rotatable bonds is 4. The molecule has 0 saturated carbocycles. The minimum Gasteiger partial charge on any atom is -0.382 e. The van der Waals surface area contributed by atoms with Crippen LogP contribution in [0.1, 0.15) is 12.8 Å². The smallest absolute Gasteiger partial charge is 0.106 e. The number of anilines is 1. The van der Waals surface area contributed by atoms with Gasteiger partial charge in [-0.05, 0) is 37.6 Å². The average Bonchev–Trinajstić information content (AvgIpc) is 3.09. The number of benzene rings is 1. The summed E-state index contributed by atoms with van der Waals surface area (Å²) in [6.45, 7) is 2.03. The van der Waals surface area contributed by atoms with Crippen molar-refractivity contribution in [1.29, 1.82) is 0 Å². The summed E-state index contributed by atoms with van der Waals surface area (Å²) in [6.07, 6.45) is 6.14. The molecule has 1 fully saturated rings. The van der Waals surface area contributed by atoms with Gasteiger partial charge in [0.15, 0.2) is 0 Å². The van der Waals surface area contributed by atoms with Gasteiger partial charge in [-0.2, -0.15) is 5.10 Å². The molecule has 5 heteroatoms. The third-order valence-electron chi connectivity index (χ3n) is 3.42. The quantitative estimate of drug-likeness (QED) is 0.902. The molecule has 1 saturated heterocycles. The van der Waals surface area contributed by atoms with E-state index < -0.39 is 0 Å². The van der Waals surface area contributed by atoms with Crippen LogP contribution >= 0.6 is 11.6 Å². The summed E-state index contributed by atoms with van der Waals surface area (Å²) in [7, 11) is 0. The molecule has 100 valence electrons. The Morgan fingerprint density at radius 1 is 1.42 bits per heavy atom. The van der Waals surface area contributed by atoms with Crippen LogP contribution < -0.4 is 10.6 Å². The predicted molar refractivity (Wildman–Crippen MR) is 78.1 cm³/mol. The van der Waals surface area contributed by atoms with Gasteiger partial charge in [-0.25, -0.2) is 4.68 Å². The second-order valence-corrected chi connectivity index (χ2v) is 5.17. The maximum Gasteiger partial charge on any atom is 0.106 e. The molecule has 2 aromatic rings. The van der Waals surface area contributed by atoms with Crippen LogP contribution in [0.5, 0.6) is 0 Å². The number of aromatic nitrogens is 2. The van der Waals surface area contributed by atoms with Crippen LogP contribution in [0.3, 0.4) is 0 Å². The van der Waals surface area contributed by atoms with E-state index in [1.807, 2.05) is 30.5 Å². The Kier molecular flexibility index (Phi) is 3.71. The lowest BCUT2D eigenvalue weighted by Crippen LogP contribution is -2.29. The first-order valence-electron chi connectivity index (χ1n) is 6.60. The van der Waals surface area contributed by atoms with Gasteiger partial charge in [0, 0.05) is 25.0 Å². The first-order valence-corrected chi connectivity index (χ1v) is 6.98. The molecular formula is C14H17ClN4. The van der Waals surface area contributed by atoms with E-state index in [4.69, 9.17) is 11.6 Å². The highest BCUT2D eigenvalue weighted by Gasteiger charge is 2.15. The third kappa shape index (κ3) is 2.74. The van der Waals surface area contributed by atoms with Crippen molar-refractivity contribution >= 4 is 17.3 Å². The fourth-order valence-electron chi connectivity index (χ4n) is 2.46. The van der Waals surface area contributed by atoms with Crippen LogP contribution in [0, 0.1) is 0 Å². The van der Waals surface area contributed by atoms with Gasteiger partial charge in [-0.15, -0.1) is 0 Å². The molecule has 0 aliphatic carbocycles. The van der Waals surface area contributed by atoms with E-state index in [0.717, 1.165) is 24.5 Å². The standard InChI is InChI=1S/C14H17ClN4/c15-12-5-1-6-13(14(12)19-9-3-8-18-19)17-10-11-4-2-7-16-11/h1,3,5-6,8-9,11,16-17H,2,4,7,10H2. The van der Waals surface area contributed by atoms with Crippen LogP contribution in [-0.2, 0) is 0 Å². The molecule has 0 radical (unpaired) electrons. The van der Waals surface area contributed by atoms with E-state index in [9.17, 15) is 0 Å². The highest BCUT2D eigenvalue weighted by molar-refractivity contribution is 6.33. The summed E-state index contributed by atoms with van der Waals surface area (Å²) >= 11 is 6.30. The normalized spacial score (nSPS) is 18.7. The molecule has 2 heterocycles. The molecule has 1 aromatic carbocycles. The van der Waals surface area contributed by atoms with Gasteiger partial charge in [-0.1, -0.05) is 17.7 Å². The van der Waals surface area contributed by atoms with Crippen LogP contribution in [0.25, 0.3) is 5.69 Å². The number of nitrogens with zero attached hydrogens (tertiary/aromatic N) is 2. The maximum absolute atomic E-state index is 6.30. The Bertz CT molecular complexity index is 532. The summed E-state index contributed by atoms with van der Waals surface area (Å²) in [5, 5.41) is 11.9. The van der Waals surface area contributed by atoms with E-state index in [1.54, 1.807) is 10.9 Å². The molecular weight excluding hydrogens is 260 g/mol. The molecule has 1 aromatic heterocycles.